The summed E-state index contributed by atoms with van der Waals surface area (Å²) in [5.74, 6) is 1.52. The van der Waals surface area contributed by atoms with Crippen LogP contribution < -0.4 is 5.32 Å². The van der Waals surface area contributed by atoms with Crippen molar-refractivity contribution in [2.45, 2.75) is 26.0 Å². The Labute approximate surface area is 160 Å². The SMILES string of the molecule is CCN(CC)C(=O)c1ccccc1NC(=O)CCSCc1ccccc1. The molecule has 0 spiro atoms. The first-order chi connectivity index (χ1) is 12.7. The highest BCUT2D eigenvalue weighted by molar-refractivity contribution is 7.98. The Morgan fingerprint density at radius 1 is 0.962 bits per heavy atom. The lowest BCUT2D eigenvalue weighted by Gasteiger charge is -2.20. The zero-order chi connectivity index (χ0) is 18.8. The fraction of sp³-hybridized carbons (Fsp3) is 0.333. The van der Waals surface area contributed by atoms with Gasteiger partial charge in [-0.05, 0) is 31.5 Å². The van der Waals surface area contributed by atoms with Crippen LogP contribution in [0, 0.1) is 0 Å². The first-order valence-corrected chi connectivity index (χ1v) is 10.1. The molecule has 0 aliphatic heterocycles. The molecule has 26 heavy (non-hydrogen) atoms. The molecule has 0 radical (unpaired) electrons. The van der Waals surface area contributed by atoms with Crippen molar-refractivity contribution in [3.63, 3.8) is 0 Å². The van der Waals surface area contributed by atoms with Crippen molar-refractivity contribution in [2.75, 3.05) is 24.2 Å². The molecule has 0 atom stereocenters. The predicted octanol–water partition coefficient (Wildman–Crippen LogP) is 4.43. The number of hydrogen-bond acceptors (Lipinski definition) is 3. The van der Waals surface area contributed by atoms with Crippen LogP contribution in [-0.4, -0.2) is 35.6 Å². The maximum Gasteiger partial charge on any atom is 0.255 e. The number of benzene rings is 2. The Bertz CT molecular complexity index is 715. The van der Waals surface area contributed by atoms with Gasteiger partial charge in [0.25, 0.3) is 5.91 Å². The van der Waals surface area contributed by atoms with E-state index in [4.69, 9.17) is 0 Å². The minimum absolute atomic E-state index is 0.0515. The van der Waals surface area contributed by atoms with Gasteiger partial charge in [0, 0.05) is 31.0 Å². The summed E-state index contributed by atoms with van der Waals surface area (Å²) in [5, 5.41) is 2.89. The van der Waals surface area contributed by atoms with Crippen LogP contribution in [0.4, 0.5) is 5.69 Å². The van der Waals surface area contributed by atoms with Crippen molar-refractivity contribution in [2.24, 2.45) is 0 Å². The quantitative estimate of drug-likeness (QED) is 0.664. The highest BCUT2D eigenvalue weighted by Crippen LogP contribution is 2.18. The standard InChI is InChI=1S/C21H26N2O2S/c1-3-23(4-2)21(25)18-12-8-9-13-19(18)22-20(24)14-15-26-16-17-10-6-5-7-11-17/h5-13H,3-4,14-16H2,1-2H3,(H,22,24). The van der Waals surface area contributed by atoms with E-state index in [0.29, 0.717) is 30.8 Å². The summed E-state index contributed by atoms with van der Waals surface area (Å²) in [5.41, 5.74) is 2.39. The third-order valence-electron chi connectivity index (χ3n) is 4.07. The number of amides is 2. The summed E-state index contributed by atoms with van der Waals surface area (Å²) < 4.78 is 0. The summed E-state index contributed by atoms with van der Waals surface area (Å²) in [6, 6.07) is 17.4. The Balaban J connectivity index is 1.87. The van der Waals surface area contributed by atoms with E-state index in [9.17, 15) is 9.59 Å². The van der Waals surface area contributed by atoms with E-state index in [1.807, 2.05) is 44.2 Å². The average Bonchev–Trinajstić information content (AvgIpc) is 2.67. The zero-order valence-electron chi connectivity index (χ0n) is 15.4. The predicted molar refractivity (Wildman–Crippen MR) is 110 cm³/mol. The molecular formula is C21H26N2O2S. The highest BCUT2D eigenvalue weighted by atomic mass is 32.2. The van der Waals surface area contributed by atoms with E-state index in [1.165, 1.54) is 5.56 Å². The third-order valence-corrected chi connectivity index (χ3v) is 5.10. The molecule has 138 valence electrons. The lowest BCUT2D eigenvalue weighted by Crippen LogP contribution is -2.31. The van der Waals surface area contributed by atoms with Gasteiger partial charge in [0.15, 0.2) is 0 Å². The van der Waals surface area contributed by atoms with Crippen molar-refractivity contribution in [1.82, 2.24) is 4.90 Å². The summed E-state index contributed by atoms with van der Waals surface area (Å²) in [4.78, 5) is 26.6. The molecule has 1 N–H and O–H groups in total. The van der Waals surface area contributed by atoms with E-state index in [0.717, 1.165) is 11.5 Å². The first-order valence-electron chi connectivity index (χ1n) is 8.95. The summed E-state index contributed by atoms with van der Waals surface area (Å²) in [6.45, 7) is 5.20. The van der Waals surface area contributed by atoms with Crippen LogP contribution in [0.5, 0.6) is 0 Å². The monoisotopic (exact) mass is 370 g/mol. The fourth-order valence-electron chi connectivity index (χ4n) is 2.60. The van der Waals surface area contributed by atoms with Crippen LogP contribution in [-0.2, 0) is 10.5 Å². The minimum atomic E-state index is -0.0645. The van der Waals surface area contributed by atoms with Gasteiger partial charge in [-0.3, -0.25) is 9.59 Å². The van der Waals surface area contributed by atoms with E-state index in [2.05, 4.69) is 17.4 Å². The highest BCUT2D eigenvalue weighted by Gasteiger charge is 2.17. The topological polar surface area (TPSA) is 49.4 Å². The van der Waals surface area contributed by atoms with Crippen LogP contribution in [0.2, 0.25) is 0 Å². The van der Waals surface area contributed by atoms with Crippen molar-refractivity contribution < 1.29 is 9.59 Å². The van der Waals surface area contributed by atoms with Crippen molar-refractivity contribution in [3.8, 4) is 0 Å². The third kappa shape index (κ3) is 5.92. The number of nitrogens with zero attached hydrogens (tertiary/aromatic N) is 1. The van der Waals surface area contributed by atoms with Crippen LogP contribution in [0.25, 0.3) is 0 Å². The molecule has 0 fully saturated rings. The molecule has 0 saturated heterocycles. The summed E-state index contributed by atoms with van der Waals surface area (Å²) >= 11 is 1.73. The van der Waals surface area contributed by atoms with E-state index in [1.54, 1.807) is 28.8 Å². The first kappa shape index (κ1) is 20.0. The minimum Gasteiger partial charge on any atom is -0.339 e. The van der Waals surface area contributed by atoms with Gasteiger partial charge in [-0.2, -0.15) is 11.8 Å². The molecule has 4 nitrogen and oxygen atoms in total. The fourth-order valence-corrected chi connectivity index (χ4v) is 3.50. The second-order valence-electron chi connectivity index (χ2n) is 5.86. The molecule has 0 bridgehead atoms. The lowest BCUT2D eigenvalue weighted by molar-refractivity contribution is -0.115. The van der Waals surface area contributed by atoms with Crippen LogP contribution in [0.1, 0.15) is 36.2 Å². The van der Waals surface area contributed by atoms with E-state index < -0.39 is 0 Å². The molecule has 2 rings (SSSR count). The van der Waals surface area contributed by atoms with Crippen molar-refractivity contribution >= 4 is 29.3 Å². The second kappa shape index (κ2) is 10.7. The smallest absolute Gasteiger partial charge is 0.255 e. The van der Waals surface area contributed by atoms with Crippen LogP contribution >= 0.6 is 11.8 Å². The Morgan fingerprint density at radius 3 is 2.31 bits per heavy atom. The summed E-state index contributed by atoms with van der Waals surface area (Å²) in [7, 11) is 0. The molecule has 0 aliphatic rings. The molecule has 2 aromatic rings. The number of hydrogen-bond donors (Lipinski definition) is 1. The van der Waals surface area contributed by atoms with E-state index in [-0.39, 0.29) is 11.8 Å². The van der Waals surface area contributed by atoms with E-state index >= 15 is 0 Å². The number of nitrogens with one attached hydrogen (secondary N) is 1. The van der Waals surface area contributed by atoms with Crippen molar-refractivity contribution in [1.29, 1.82) is 0 Å². The molecule has 0 aliphatic carbocycles. The largest absolute Gasteiger partial charge is 0.339 e. The van der Waals surface area contributed by atoms with Gasteiger partial charge in [0.05, 0.1) is 11.3 Å². The number of carbonyl (C=O) groups is 2. The lowest BCUT2D eigenvalue weighted by atomic mass is 10.1. The number of thioether (sulfide) groups is 1. The molecular weight excluding hydrogens is 344 g/mol. The molecule has 2 aromatic carbocycles. The number of anilines is 1. The average molecular weight is 371 g/mol. The maximum absolute atomic E-state index is 12.6. The maximum atomic E-state index is 12.6. The van der Waals surface area contributed by atoms with Gasteiger partial charge in [0.1, 0.15) is 0 Å². The Morgan fingerprint density at radius 2 is 1.62 bits per heavy atom. The number of para-hydroxylation sites is 1. The molecule has 0 saturated carbocycles. The Kier molecular flexibility index (Phi) is 8.22. The molecule has 2 amide bonds. The number of rotatable bonds is 9. The van der Waals surface area contributed by atoms with Gasteiger partial charge in [0.2, 0.25) is 5.91 Å². The summed E-state index contributed by atoms with van der Waals surface area (Å²) in [6.07, 6.45) is 0.422. The molecule has 0 aromatic heterocycles. The van der Waals surface area contributed by atoms with Gasteiger partial charge < -0.3 is 10.2 Å². The number of carbonyl (C=O) groups excluding carboxylic acids is 2. The normalized spacial score (nSPS) is 10.4. The molecule has 5 heteroatoms. The zero-order valence-corrected chi connectivity index (χ0v) is 16.2. The molecule has 0 heterocycles. The van der Waals surface area contributed by atoms with Gasteiger partial charge in [-0.1, -0.05) is 42.5 Å². The second-order valence-corrected chi connectivity index (χ2v) is 6.96. The van der Waals surface area contributed by atoms with Crippen LogP contribution in [0.15, 0.2) is 54.6 Å². The van der Waals surface area contributed by atoms with Crippen LogP contribution in [0.3, 0.4) is 0 Å². The van der Waals surface area contributed by atoms with Gasteiger partial charge in [-0.15, -0.1) is 0 Å². The van der Waals surface area contributed by atoms with Crippen molar-refractivity contribution in [3.05, 3.63) is 65.7 Å². The molecule has 0 unspecified atom stereocenters. The van der Waals surface area contributed by atoms with Gasteiger partial charge >= 0.3 is 0 Å². The Hall–Kier alpha value is -2.27. The van der Waals surface area contributed by atoms with Gasteiger partial charge in [-0.25, -0.2) is 0 Å².